The van der Waals surface area contributed by atoms with Crippen molar-refractivity contribution in [3.05, 3.63) is 63.9 Å². The number of carbonyl (C=O) groups excluding carboxylic acids is 1. The van der Waals surface area contributed by atoms with Crippen LogP contribution in [0.4, 0.5) is 0 Å². The van der Waals surface area contributed by atoms with E-state index in [1.165, 1.54) is 11.1 Å². The van der Waals surface area contributed by atoms with Gasteiger partial charge < -0.3 is 9.64 Å². The summed E-state index contributed by atoms with van der Waals surface area (Å²) in [6, 6.07) is 10.1. The average molecular weight is 369 g/mol. The van der Waals surface area contributed by atoms with Gasteiger partial charge in [0.25, 0.3) is 5.91 Å². The first-order valence-corrected chi connectivity index (χ1v) is 9.63. The van der Waals surface area contributed by atoms with E-state index < -0.39 is 0 Å². The summed E-state index contributed by atoms with van der Waals surface area (Å²) >= 11 is 6.10. The molecule has 134 valence electrons. The molecule has 0 bridgehead atoms. The van der Waals surface area contributed by atoms with E-state index in [-0.39, 0.29) is 11.4 Å². The van der Waals surface area contributed by atoms with E-state index in [9.17, 15) is 4.79 Å². The van der Waals surface area contributed by atoms with Gasteiger partial charge in [0.1, 0.15) is 0 Å². The zero-order valence-electron chi connectivity index (χ0n) is 14.6. The minimum absolute atomic E-state index is 0.0212. The van der Waals surface area contributed by atoms with Crippen LogP contribution in [-0.2, 0) is 24.0 Å². The highest BCUT2D eigenvalue weighted by Crippen LogP contribution is 2.38. The summed E-state index contributed by atoms with van der Waals surface area (Å²) in [5.41, 5.74) is 4.47. The first-order valence-electron chi connectivity index (χ1n) is 9.25. The van der Waals surface area contributed by atoms with Crippen molar-refractivity contribution < 1.29 is 9.53 Å². The van der Waals surface area contributed by atoms with Gasteiger partial charge in [-0.1, -0.05) is 17.7 Å². The van der Waals surface area contributed by atoms with Crippen molar-refractivity contribution in [1.82, 2.24) is 9.88 Å². The van der Waals surface area contributed by atoms with Crippen molar-refractivity contribution in [2.24, 2.45) is 5.92 Å². The highest BCUT2D eigenvalue weighted by Gasteiger charge is 2.53. The SMILES string of the molecule is O=C(c1ccc(CC2Cc3ccc(Cl)cc3C2)nc1)N1CCC12COC2. The molecule has 1 amide bonds. The Morgan fingerprint density at radius 1 is 1.23 bits per heavy atom. The summed E-state index contributed by atoms with van der Waals surface area (Å²) < 4.78 is 5.31. The van der Waals surface area contributed by atoms with E-state index in [1.54, 1.807) is 6.20 Å². The molecule has 2 saturated heterocycles. The number of carbonyl (C=O) groups is 1. The molecule has 5 rings (SSSR count). The molecule has 26 heavy (non-hydrogen) atoms. The topological polar surface area (TPSA) is 42.4 Å². The third-order valence-electron chi connectivity index (χ3n) is 6.11. The summed E-state index contributed by atoms with van der Waals surface area (Å²) in [5.74, 6) is 0.643. The van der Waals surface area contributed by atoms with Crippen molar-refractivity contribution in [3.63, 3.8) is 0 Å². The molecule has 2 aliphatic heterocycles. The van der Waals surface area contributed by atoms with Gasteiger partial charge in [0, 0.05) is 23.5 Å². The molecule has 1 aromatic heterocycles. The van der Waals surface area contributed by atoms with Gasteiger partial charge in [-0.15, -0.1) is 0 Å². The molecule has 0 saturated carbocycles. The van der Waals surface area contributed by atoms with Crippen LogP contribution in [0.1, 0.15) is 33.6 Å². The van der Waals surface area contributed by atoms with Gasteiger partial charge in [0.15, 0.2) is 0 Å². The zero-order chi connectivity index (χ0) is 17.7. The Bertz CT molecular complexity index is 855. The summed E-state index contributed by atoms with van der Waals surface area (Å²) in [7, 11) is 0. The van der Waals surface area contributed by atoms with Gasteiger partial charge in [0.2, 0.25) is 0 Å². The number of ether oxygens (including phenoxy) is 1. The second kappa shape index (κ2) is 6.07. The van der Waals surface area contributed by atoms with Crippen LogP contribution in [0, 0.1) is 5.92 Å². The molecule has 0 radical (unpaired) electrons. The van der Waals surface area contributed by atoms with Crippen LogP contribution in [0.5, 0.6) is 0 Å². The Morgan fingerprint density at radius 2 is 2.08 bits per heavy atom. The van der Waals surface area contributed by atoms with E-state index in [1.807, 2.05) is 23.1 Å². The Kier molecular flexibility index (Phi) is 3.80. The predicted octanol–water partition coefficient (Wildman–Crippen LogP) is 3.31. The average Bonchev–Trinajstić information content (AvgIpc) is 2.94. The molecule has 0 N–H and O–H groups in total. The van der Waals surface area contributed by atoms with Gasteiger partial charge in [-0.2, -0.15) is 0 Å². The lowest BCUT2D eigenvalue weighted by atomic mass is 9.82. The van der Waals surface area contributed by atoms with Crippen LogP contribution >= 0.6 is 11.6 Å². The van der Waals surface area contributed by atoms with Gasteiger partial charge in [-0.3, -0.25) is 9.78 Å². The molecule has 1 aromatic carbocycles. The number of rotatable bonds is 3. The third kappa shape index (κ3) is 2.63. The number of pyridine rings is 1. The third-order valence-corrected chi connectivity index (χ3v) is 6.35. The Labute approximate surface area is 158 Å². The normalized spacial score (nSPS) is 22.7. The number of hydrogen-bond acceptors (Lipinski definition) is 3. The quantitative estimate of drug-likeness (QED) is 0.834. The fourth-order valence-electron chi connectivity index (χ4n) is 4.44. The maximum atomic E-state index is 12.7. The number of hydrogen-bond donors (Lipinski definition) is 0. The second-order valence-electron chi connectivity index (χ2n) is 7.85. The van der Waals surface area contributed by atoms with Crippen molar-refractivity contribution in [2.75, 3.05) is 19.8 Å². The molecule has 1 spiro atoms. The van der Waals surface area contributed by atoms with Gasteiger partial charge in [0.05, 0.1) is 24.3 Å². The first kappa shape index (κ1) is 16.3. The molecule has 2 fully saturated rings. The van der Waals surface area contributed by atoms with E-state index in [2.05, 4.69) is 17.1 Å². The highest BCUT2D eigenvalue weighted by atomic mass is 35.5. The Balaban J connectivity index is 1.24. The van der Waals surface area contributed by atoms with Crippen LogP contribution in [0.3, 0.4) is 0 Å². The lowest BCUT2D eigenvalue weighted by Crippen LogP contribution is -2.72. The van der Waals surface area contributed by atoms with Crippen molar-refractivity contribution in [2.45, 2.75) is 31.2 Å². The van der Waals surface area contributed by atoms with Gasteiger partial charge in [-0.25, -0.2) is 0 Å². The molecule has 3 heterocycles. The molecular weight excluding hydrogens is 348 g/mol. The molecule has 1 unspecified atom stereocenters. The lowest BCUT2D eigenvalue weighted by molar-refractivity contribution is -0.172. The number of benzene rings is 1. The summed E-state index contributed by atoms with van der Waals surface area (Å²) in [6.45, 7) is 2.18. The molecule has 2 aromatic rings. The molecule has 1 aliphatic carbocycles. The smallest absolute Gasteiger partial charge is 0.256 e. The Hall–Kier alpha value is -1.91. The number of halogens is 1. The maximum absolute atomic E-state index is 12.7. The number of amides is 1. The van der Waals surface area contributed by atoms with Crippen LogP contribution < -0.4 is 0 Å². The zero-order valence-corrected chi connectivity index (χ0v) is 15.3. The number of nitrogens with zero attached hydrogens (tertiary/aromatic N) is 2. The van der Waals surface area contributed by atoms with Crippen molar-refractivity contribution in [3.8, 4) is 0 Å². The first-order chi connectivity index (χ1) is 12.6. The maximum Gasteiger partial charge on any atom is 0.256 e. The number of fused-ring (bicyclic) bond motifs is 1. The minimum atomic E-state index is -0.0212. The van der Waals surface area contributed by atoms with Gasteiger partial charge in [-0.05, 0) is 67.0 Å². The van der Waals surface area contributed by atoms with E-state index in [0.717, 1.165) is 42.9 Å². The van der Waals surface area contributed by atoms with E-state index in [0.29, 0.717) is 24.7 Å². The lowest BCUT2D eigenvalue weighted by Gasteiger charge is -2.57. The molecule has 4 nitrogen and oxygen atoms in total. The minimum Gasteiger partial charge on any atom is -0.376 e. The van der Waals surface area contributed by atoms with E-state index in [4.69, 9.17) is 16.3 Å². The van der Waals surface area contributed by atoms with Crippen molar-refractivity contribution in [1.29, 1.82) is 0 Å². The molecular formula is C21H21ClN2O2. The monoisotopic (exact) mass is 368 g/mol. The predicted molar refractivity (Wildman–Crippen MR) is 99.5 cm³/mol. The fourth-order valence-corrected chi connectivity index (χ4v) is 4.63. The van der Waals surface area contributed by atoms with Crippen LogP contribution in [0.25, 0.3) is 0 Å². The molecule has 5 heteroatoms. The van der Waals surface area contributed by atoms with Gasteiger partial charge >= 0.3 is 0 Å². The van der Waals surface area contributed by atoms with Crippen molar-refractivity contribution >= 4 is 17.5 Å². The van der Waals surface area contributed by atoms with E-state index >= 15 is 0 Å². The standard InChI is InChI=1S/C21H21ClN2O2/c22-18-3-1-15-7-14(8-17(15)10-18)9-19-4-2-16(11-23-19)20(25)24-6-5-21(24)12-26-13-21/h1-4,10-11,14H,5-9,12-13H2. The highest BCUT2D eigenvalue weighted by molar-refractivity contribution is 6.30. The number of likely N-dealkylation sites (tertiary alicyclic amines) is 1. The molecule has 3 aliphatic rings. The largest absolute Gasteiger partial charge is 0.376 e. The fraction of sp³-hybridized carbons (Fsp3) is 0.429. The summed E-state index contributed by atoms with van der Waals surface area (Å²) in [4.78, 5) is 19.2. The molecule has 1 atom stereocenters. The van der Waals surface area contributed by atoms with Crippen LogP contribution in [0.15, 0.2) is 36.5 Å². The summed E-state index contributed by atoms with van der Waals surface area (Å²) in [5, 5.41) is 0.811. The van der Waals surface area contributed by atoms with Crippen LogP contribution in [-0.4, -0.2) is 41.1 Å². The second-order valence-corrected chi connectivity index (χ2v) is 8.29. The summed E-state index contributed by atoms with van der Waals surface area (Å²) in [6.07, 6.45) is 5.85. The Morgan fingerprint density at radius 3 is 2.73 bits per heavy atom. The van der Waals surface area contributed by atoms with Crippen LogP contribution in [0.2, 0.25) is 5.02 Å². The number of aromatic nitrogens is 1.